The maximum absolute atomic E-state index is 11.3. The van der Waals surface area contributed by atoms with Gasteiger partial charge in [-0.05, 0) is 39.8 Å². The van der Waals surface area contributed by atoms with Crippen molar-refractivity contribution in [2.45, 2.75) is 33.2 Å². The van der Waals surface area contributed by atoms with E-state index in [4.69, 9.17) is 0 Å². The zero-order chi connectivity index (χ0) is 12.3. The largest absolute Gasteiger partial charge is 0.300 e. The van der Waals surface area contributed by atoms with Crippen LogP contribution in [0, 0.1) is 12.8 Å². The van der Waals surface area contributed by atoms with E-state index >= 15 is 0 Å². The van der Waals surface area contributed by atoms with Crippen LogP contribution in [-0.2, 0) is 11.3 Å². The predicted octanol–water partition coefficient (Wildman–Crippen LogP) is 1.59. The van der Waals surface area contributed by atoms with E-state index in [1.54, 1.807) is 6.92 Å². The highest BCUT2D eigenvalue weighted by Gasteiger charge is 2.22. The van der Waals surface area contributed by atoms with Crippen LogP contribution in [0.2, 0.25) is 0 Å². The van der Waals surface area contributed by atoms with Crippen LogP contribution in [0.5, 0.6) is 0 Å². The van der Waals surface area contributed by atoms with Gasteiger partial charge in [0, 0.05) is 30.4 Å². The standard InChI is InChI=1S/C13H19N3O/c1-10(17)13-3-5-16(6-4-13)9-12-7-14-11(2)15-8-12/h7-8,13H,3-6,9H2,1-2H3. The van der Waals surface area contributed by atoms with Crippen LogP contribution in [0.3, 0.4) is 0 Å². The molecule has 0 bridgehead atoms. The minimum Gasteiger partial charge on any atom is -0.300 e. The molecule has 1 aliphatic heterocycles. The summed E-state index contributed by atoms with van der Waals surface area (Å²) < 4.78 is 0. The molecule has 4 nitrogen and oxygen atoms in total. The Hall–Kier alpha value is -1.29. The Bertz CT molecular complexity index is 380. The van der Waals surface area contributed by atoms with Gasteiger partial charge in [-0.1, -0.05) is 0 Å². The zero-order valence-corrected chi connectivity index (χ0v) is 10.5. The van der Waals surface area contributed by atoms with Crippen molar-refractivity contribution in [3.8, 4) is 0 Å². The minimum absolute atomic E-state index is 0.278. The second-order valence-electron chi connectivity index (χ2n) is 4.80. The molecule has 0 unspecified atom stereocenters. The van der Waals surface area contributed by atoms with Crippen molar-refractivity contribution in [3.63, 3.8) is 0 Å². The minimum atomic E-state index is 0.278. The van der Waals surface area contributed by atoms with Crippen LogP contribution < -0.4 is 0 Å². The third-order valence-corrected chi connectivity index (χ3v) is 3.40. The molecular weight excluding hydrogens is 214 g/mol. The van der Waals surface area contributed by atoms with Crippen molar-refractivity contribution in [3.05, 3.63) is 23.8 Å². The molecule has 1 saturated heterocycles. The van der Waals surface area contributed by atoms with Crippen molar-refractivity contribution < 1.29 is 4.79 Å². The molecular formula is C13H19N3O. The molecule has 1 aromatic heterocycles. The smallest absolute Gasteiger partial charge is 0.133 e. The topological polar surface area (TPSA) is 46.1 Å². The van der Waals surface area contributed by atoms with Gasteiger partial charge in [0.25, 0.3) is 0 Å². The second kappa shape index (κ2) is 5.36. The van der Waals surface area contributed by atoms with Crippen LogP contribution in [0.4, 0.5) is 0 Å². The van der Waals surface area contributed by atoms with Gasteiger partial charge in [-0.15, -0.1) is 0 Å². The summed E-state index contributed by atoms with van der Waals surface area (Å²) in [6.45, 7) is 6.48. The molecule has 0 radical (unpaired) electrons. The first-order valence-corrected chi connectivity index (χ1v) is 6.15. The van der Waals surface area contributed by atoms with Gasteiger partial charge in [0.2, 0.25) is 0 Å². The van der Waals surface area contributed by atoms with E-state index in [-0.39, 0.29) is 5.92 Å². The van der Waals surface area contributed by atoms with Crippen LogP contribution in [0.1, 0.15) is 31.2 Å². The summed E-state index contributed by atoms with van der Waals surface area (Å²) in [7, 11) is 0. The summed E-state index contributed by atoms with van der Waals surface area (Å²) in [6.07, 6.45) is 5.75. The van der Waals surface area contributed by atoms with E-state index in [1.807, 2.05) is 19.3 Å². The average molecular weight is 233 g/mol. The van der Waals surface area contributed by atoms with Gasteiger partial charge < -0.3 is 0 Å². The number of carbonyl (C=O) groups excluding carboxylic acids is 1. The number of piperidine rings is 1. The summed E-state index contributed by atoms with van der Waals surface area (Å²) in [6, 6.07) is 0. The van der Waals surface area contributed by atoms with E-state index in [2.05, 4.69) is 14.9 Å². The fourth-order valence-electron chi connectivity index (χ4n) is 2.26. The average Bonchev–Trinajstić information content (AvgIpc) is 2.33. The summed E-state index contributed by atoms with van der Waals surface area (Å²) in [4.78, 5) is 22.0. The van der Waals surface area contributed by atoms with Gasteiger partial charge in [-0.2, -0.15) is 0 Å². The van der Waals surface area contributed by atoms with Gasteiger partial charge in [-0.3, -0.25) is 9.69 Å². The molecule has 1 aliphatic rings. The SMILES string of the molecule is CC(=O)C1CCN(Cc2cnc(C)nc2)CC1. The Morgan fingerprint density at radius 3 is 2.47 bits per heavy atom. The zero-order valence-electron chi connectivity index (χ0n) is 10.5. The number of aryl methyl sites for hydroxylation is 1. The highest BCUT2D eigenvalue weighted by atomic mass is 16.1. The Labute approximate surface area is 102 Å². The number of rotatable bonds is 3. The predicted molar refractivity (Wildman–Crippen MR) is 65.5 cm³/mol. The Morgan fingerprint density at radius 1 is 1.35 bits per heavy atom. The molecule has 0 amide bonds. The van der Waals surface area contributed by atoms with Crippen LogP contribution in [0.15, 0.2) is 12.4 Å². The van der Waals surface area contributed by atoms with Crippen molar-refractivity contribution in [2.24, 2.45) is 5.92 Å². The number of ketones is 1. The highest BCUT2D eigenvalue weighted by molar-refractivity contribution is 5.78. The first-order valence-electron chi connectivity index (χ1n) is 6.15. The summed E-state index contributed by atoms with van der Waals surface area (Å²) >= 11 is 0. The molecule has 2 rings (SSSR count). The number of Topliss-reactive ketones (excluding diaryl/α,β-unsaturated/α-hetero) is 1. The van der Waals surface area contributed by atoms with Crippen LogP contribution in [-0.4, -0.2) is 33.7 Å². The maximum atomic E-state index is 11.3. The molecule has 0 N–H and O–H groups in total. The maximum Gasteiger partial charge on any atom is 0.133 e. The quantitative estimate of drug-likeness (QED) is 0.795. The fraction of sp³-hybridized carbons (Fsp3) is 0.615. The molecule has 0 spiro atoms. The van der Waals surface area contributed by atoms with E-state index in [9.17, 15) is 4.79 Å². The number of hydrogen-bond donors (Lipinski definition) is 0. The van der Waals surface area contributed by atoms with Gasteiger partial charge >= 0.3 is 0 Å². The van der Waals surface area contributed by atoms with E-state index in [1.165, 1.54) is 0 Å². The van der Waals surface area contributed by atoms with Crippen LogP contribution >= 0.6 is 0 Å². The third kappa shape index (κ3) is 3.33. The number of hydrogen-bond acceptors (Lipinski definition) is 4. The van der Waals surface area contributed by atoms with Gasteiger partial charge in [0.05, 0.1) is 0 Å². The number of aromatic nitrogens is 2. The number of likely N-dealkylation sites (tertiary alicyclic amines) is 1. The Kier molecular flexibility index (Phi) is 3.84. The second-order valence-corrected chi connectivity index (χ2v) is 4.80. The lowest BCUT2D eigenvalue weighted by atomic mass is 9.93. The van der Waals surface area contributed by atoms with Gasteiger partial charge in [0.15, 0.2) is 0 Å². The summed E-state index contributed by atoms with van der Waals surface area (Å²) in [5, 5.41) is 0. The Balaban J connectivity index is 1.85. The molecule has 4 heteroatoms. The first kappa shape index (κ1) is 12.2. The van der Waals surface area contributed by atoms with Crippen LogP contribution in [0.25, 0.3) is 0 Å². The van der Waals surface area contributed by atoms with Gasteiger partial charge in [0.1, 0.15) is 11.6 Å². The van der Waals surface area contributed by atoms with Crippen molar-refractivity contribution in [1.82, 2.24) is 14.9 Å². The molecule has 1 aromatic rings. The number of carbonyl (C=O) groups is 1. The van der Waals surface area contributed by atoms with Crippen molar-refractivity contribution in [1.29, 1.82) is 0 Å². The normalized spacial score (nSPS) is 18.2. The molecule has 0 atom stereocenters. The summed E-state index contributed by atoms with van der Waals surface area (Å²) in [5.74, 6) is 1.42. The fourth-order valence-corrected chi connectivity index (χ4v) is 2.26. The molecule has 0 aromatic carbocycles. The first-order chi connectivity index (χ1) is 8.15. The third-order valence-electron chi connectivity index (χ3n) is 3.40. The summed E-state index contributed by atoms with van der Waals surface area (Å²) in [5.41, 5.74) is 1.15. The lowest BCUT2D eigenvalue weighted by Crippen LogP contribution is -2.35. The molecule has 0 saturated carbocycles. The lowest BCUT2D eigenvalue weighted by Gasteiger charge is -2.30. The Morgan fingerprint density at radius 2 is 1.94 bits per heavy atom. The number of nitrogens with zero attached hydrogens (tertiary/aromatic N) is 3. The lowest BCUT2D eigenvalue weighted by molar-refractivity contribution is -0.122. The molecule has 2 heterocycles. The van der Waals surface area contributed by atoms with E-state index < -0.39 is 0 Å². The van der Waals surface area contributed by atoms with Crippen molar-refractivity contribution in [2.75, 3.05) is 13.1 Å². The molecule has 1 fully saturated rings. The molecule has 17 heavy (non-hydrogen) atoms. The van der Waals surface area contributed by atoms with E-state index in [0.717, 1.165) is 43.9 Å². The monoisotopic (exact) mass is 233 g/mol. The highest BCUT2D eigenvalue weighted by Crippen LogP contribution is 2.19. The van der Waals surface area contributed by atoms with Gasteiger partial charge in [-0.25, -0.2) is 9.97 Å². The van der Waals surface area contributed by atoms with Crippen molar-refractivity contribution >= 4 is 5.78 Å². The molecule has 0 aliphatic carbocycles. The molecule has 92 valence electrons. The van der Waals surface area contributed by atoms with E-state index in [0.29, 0.717) is 5.78 Å².